The van der Waals surface area contributed by atoms with Gasteiger partial charge in [0.25, 0.3) is 5.91 Å². The third-order valence-electron chi connectivity index (χ3n) is 5.01. The summed E-state index contributed by atoms with van der Waals surface area (Å²) in [7, 11) is 0. The first-order valence-electron chi connectivity index (χ1n) is 10.6. The number of pyridine rings is 1. The van der Waals surface area contributed by atoms with Crippen LogP contribution in [0.15, 0.2) is 60.8 Å². The molecule has 1 amide bonds. The van der Waals surface area contributed by atoms with E-state index >= 15 is 0 Å². The number of anilines is 1. The molecule has 0 unspecified atom stereocenters. The number of para-hydroxylation sites is 1. The van der Waals surface area contributed by atoms with Crippen LogP contribution in [-0.4, -0.2) is 39.9 Å². The molecule has 168 valence electrons. The number of hydrogen-bond acceptors (Lipinski definition) is 6. The van der Waals surface area contributed by atoms with Crippen molar-refractivity contribution in [1.29, 1.82) is 0 Å². The number of benzene rings is 2. The maximum atomic E-state index is 12.7. The lowest BCUT2D eigenvalue weighted by atomic mass is 10.1. The van der Waals surface area contributed by atoms with Gasteiger partial charge in [-0.1, -0.05) is 30.3 Å². The van der Waals surface area contributed by atoms with Gasteiger partial charge >= 0.3 is 5.97 Å². The molecule has 2 aromatic heterocycles. The molecule has 0 bridgehead atoms. The average Bonchev–Trinajstić information content (AvgIpc) is 3.21. The van der Waals surface area contributed by atoms with Gasteiger partial charge in [0, 0.05) is 5.39 Å². The SMILES string of the molecule is CCOC(=O)c1cnn(-c2cc(C)c3ccccc3n2)c1NC(=O)COc1cccc(C)c1. The lowest BCUT2D eigenvalue weighted by molar-refractivity contribution is -0.118. The van der Waals surface area contributed by atoms with Crippen LogP contribution in [0.2, 0.25) is 0 Å². The molecular weight excluding hydrogens is 420 g/mol. The van der Waals surface area contributed by atoms with Gasteiger partial charge in [-0.3, -0.25) is 4.79 Å². The number of carbonyl (C=O) groups excluding carboxylic acids is 2. The summed E-state index contributed by atoms with van der Waals surface area (Å²) < 4.78 is 12.2. The third kappa shape index (κ3) is 4.85. The van der Waals surface area contributed by atoms with Gasteiger partial charge in [0.2, 0.25) is 0 Å². The predicted octanol–water partition coefficient (Wildman–Crippen LogP) is 4.23. The van der Waals surface area contributed by atoms with Crippen LogP contribution < -0.4 is 10.1 Å². The number of rotatable bonds is 7. The van der Waals surface area contributed by atoms with E-state index in [1.165, 1.54) is 10.9 Å². The Morgan fingerprint density at radius 1 is 1.06 bits per heavy atom. The third-order valence-corrected chi connectivity index (χ3v) is 5.01. The normalized spacial score (nSPS) is 10.8. The fraction of sp³-hybridized carbons (Fsp3) is 0.200. The van der Waals surface area contributed by atoms with Gasteiger partial charge in [-0.05, 0) is 56.2 Å². The van der Waals surface area contributed by atoms with Crippen molar-refractivity contribution in [3.63, 3.8) is 0 Å². The average molecular weight is 444 g/mol. The van der Waals surface area contributed by atoms with Crippen LogP contribution in [0.4, 0.5) is 5.82 Å². The molecular formula is C25H24N4O4. The number of carbonyl (C=O) groups is 2. The Bertz CT molecular complexity index is 1330. The molecule has 1 N–H and O–H groups in total. The number of esters is 1. The van der Waals surface area contributed by atoms with E-state index in [1.807, 2.05) is 62.4 Å². The first-order valence-corrected chi connectivity index (χ1v) is 10.6. The van der Waals surface area contributed by atoms with E-state index < -0.39 is 11.9 Å². The summed E-state index contributed by atoms with van der Waals surface area (Å²) in [5, 5.41) is 8.07. The smallest absolute Gasteiger partial charge is 0.343 e. The standard InChI is InChI=1S/C25H24N4O4/c1-4-32-25(31)20-14-26-29(22-13-17(3)19-10-5-6-11-21(19)27-22)24(20)28-23(30)15-33-18-9-7-8-16(2)12-18/h5-14H,4,15H2,1-3H3,(H,28,30). The molecule has 4 rings (SSSR count). The number of nitrogens with one attached hydrogen (secondary N) is 1. The zero-order valence-corrected chi connectivity index (χ0v) is 18.7. The zero-order chi connectivity index (χ0) is 23.4. The van der Waals surface area contributed by atoms with Crippen LogP contribution in [0.25, 0.3) is 16.7 Å². The monoisotopic (exact) mass is 444 g/mol. The van der Waals surface area contributed by atoms with Gasteiger partial charge < -0.3 is 14.8 Å². The fourth-order valence-corrected chi connectivity index (χ4v) is 3.46. The zero-order valence-electron chi connectivity index (χ0n) is 18.7. The molecule has 4 aromatic rings. The van der Waals surface area contributed by atoms with Gasteiger partial charge in [0.1, 0.15) is 11.3 Å². The van der Waals surface area contributed by atoms with Crippen molar-refractivity contribution in [2.24, 2.45) is 0 Å². The van der Waals surface area contributed by atoms with Crippen LogP contribution in [0.3, 0.4) is 0 Å². The largest absolute Gasteiger partial charge is 0.484 e. The molecule has 8 nitrogen and oxygen atoms in total. The first-order chi connectivity index (χ1) is 16.0. The number of aryl methyl sites for hydroxylation is 2. The molecule has 0 fully saturated rings. The summed E-state index contributed by atoms with van der Waals surface area (Å²) in [4.78, 5) is 29.9. The van der Waals surface area contributed by atoms with Gasteiger partial charge in [0.15, 0.2) is 18.2 Å². The van der Waals surface area contributed by atoms with Gasteiger partial charge in [-0.15, -0.1) is 0 Å². The summed E-state index contributed by atoms with van der Waals surface area (Å²) in [5.74, 6) is 0.193. The Morgan fingerprint density at radius 2 is 1.88 bits per heavy atom. The predicted molar refractivity (Wildman–Crippen MR) is 125 cm³/mol. The molecule has 0 atom stereocenters. The molecule has 8 heteroatoms. The molecule has 0 spiro atoms. The summed E-state index contributed by atoms with van der Waals surface area (Å²) in [6.07, 6.45) is 1.36. The van der Waals surface area contributed by atoms with E-state index in [9.17, 15) is 9.59 Å². The molecule has 0 saturated heterocycles. The van der Waals surface area contributed by atoms with E-state index in [2.05, 4.69) is 15.4 Å². The maximum absolute atomic E-state index is 12.7. The highest BCUT2D eigenvalue weighted by Gasteiger charge is 2.22. The highest BCUT2D eigenvalue weighted by atomic mass is 16.5. The van der Waals surface area contributed by atoms with Crippen molar-refractivity contribution < 1.29 is 19.1 Å². The second-order valence-electron chi connectivity index (χ2n) is 7.51. The molecule has 0 aliphatic rings. The molecule has 0 saturated carbocycles. The number of amides is 1. The van der Waals surface area contributed by atoms with Crippen LogP contribution in [0, 0.1) is 13.8 Å². The Balaban J connectivity index is 1.66. The summed E-state index contributed by atoms with van der Waals surface area (Å²) in [6.45, 7) is 5.58. The van der Waals surface area contributed by atoms with Crippen molar-refractivity contribution in [2.45, 2.75) is 20.8 Å². The van der Waals surface area contributed by atoms with E-state index in [1.54, 1.807) is 13.0 Å². The molecule has 33 heavy (non-hydrogen) atoms. The van der Waals surface area contributed by atoms with Crippen molar-refractivity contribution in [3.05, 3.63) is 77.5 Å². The second-order valence-corrected chi connectivity index (χ2v) is 7.51. The number of aromatic nitrogens is 3. The molecule has 0 aliphatic heterocycles. The Labute approximate surface area is 191 Å². The topological polar surface area (TPSA) is 95.3 Å². The number of fused-ring (bicyclic) bond motifs is 1. The summed E-state index contributed by atoms with van der Waals surface area (Å²) in [6, 6.07) is 17.0. The minimum Gasteiger partial charge on any atom is -0.484 e. The van der Waals surface area contributed by atoms with Crippen LogP contribution >= 0.6 is 0 Å². The molecule has 0 radical (unpaired) electrons. The van der Waals surface area contributed by atoms with Crippen LogP contribution in [0.5, 0.6) is 5.75 Å². The number of hydrogen-bond donors (Lipinski definition) is 1. The number of nitrogens with zero attached hydrogens (tertiary/aromatic N) is 3. The molecule has 0 aliphatic carbocycles. The van der Waals surface area contributed by atoms with E-state index in [4.69, 9.17) is 9.47 Å². The Kier molecular flexibility index (Phi) is 6.35. The second kappa shape index (κ2) is 9.52. The Morgan fingerprint density at radius 3 is 2.67 bits per heavy atom. The summed E-state index contributed by atoms with van der Waals surface area (Å²) >= 11 is 0. The number of ether oxygens (including phenoxy) is 2. The van der Waals surface area contributed by atoms with E-state index in [0.717, 1.165) is 22.0 Å². The van der Waals surface area contributed by atoms with Crippen molar-refractivity contribution in [1.82, 2.24) is 14.8 Å². The van der Waals surface area contributed by atoms with E-state index in [-0.39, 0.29) is 24.6 Å². The minimum atomic E-state index is -0.587. The Hall–Kier alpha value is -4.20. The quantitative estimate of drug-likeness (QED) is 0.429. The van der Waals surface area contributed by atoms with Gasteiger partial charge in [0.05, 0.1) is 18.3 Å². The van der Waals surface area contributed by atoms with Gasteiger partial charge in [-0.2, -0.15) is 9.78 Å². The van der Waals surface area contributed by atoms with Crippen LogP contribution in [-0.2, 0) is 9.53 Å². The van der Waals surface area contributed by atoms with Crippen molar-refractivity contribution >= 4 is 28.6 Å². The lowest BCUT2D eigenvalue weighted by Gasteiger charge is -2.13. The van der Waals surface area contributed by atoms with E-state index in [0.29, 0.717) is 11.6 Å². The van der Waals surface area contributed by atoms with Crippen LogP contribution in [0.1, 0.15) is 28.4 Å². The summed E-state index contributed by atoms with van der Waals surface area (Å²) in [5.41, 5.74) is 2.92. The highest BCUT2D eigenvalue weighted by molar-refractivity contribution is 6.01. The van der Waals surface area contributed by atoms with Crippen molar-refractivity contribution in [3.8, 4) is 11.6 Å². The highest BCUT2D eigenvalue weighted by Crippen LogP contribution is 2.24. The van der Waals surface area contributed by atoms with Gasteiger partial charge in [-0.25, -0.2) is 9.78 Å². The maximum Gasteiger partial charge on any atom is 0.343 e. The first kappa shape index (κ1) is 22.0. The lowest BCUT2D eigenvalue weighted by Crippen LogP contribution is -2.23. The molecule has 2 aromatic carbocycles. The fourth-order valence-electron chi connectivity index (χ4n) is 3.46. The molecule has 2 heterocycles. The van der Waals surface area contributed by atoms with Crippen molar-refractivity contribution in [2.75, 3.05) is 18.5 Å². The minimum absolute atomic E-state index is 0.133.